The van der Waals surface area contributed by atoms with Crippen molar-refractivity contribution in [2.75, 3.05) is 18.0 Å². The lowest BCUT2D eigenvalue weighted by Gasteiger charge is -2.36. The normalized spacial score (nSPS) is 18.9. The Balaban J connectivity index is 1.93. The Kier molecular flexibility index (Phi) is 5.00. The molecular weight excluding hydrogens is 246 g/mol. The highest BCUT2D eigenvalue weighted by atomic mass is 15.2. The molecule has 0 aromatic carbocycles. The van der Waals surface area contributed by atoms with Crippen LogP contribution in [0.4, 0.5) is 5.95 Å². The van der Waals surface area contributed by atoms with E-state index in [0.29, 0.717) is 5.92 Å². The first-order valence-corrected chi connectivity index (χ1v) is 8.06. The number of aromatic nitrogens is 2. The van der Waals surface area contributed by atoms with Crippen LogP contribution in [0.5, 0.6) is 0 Å². The van der Waals surface area contributed by atoms with Crippen LogP contribution in [0, 0.1) is 17.8 Å². The molecule has 0 bridgehead atoms. The van der Waals surface area contributed by atoms with E-state index in [2.05, 4.69) is 49.5 Å². The van der Waals surface area contributed by atoms with Gasteiger partial charge in [0.25, 0.3) is 0 Å². The highest BCUT2D eigenvalue weighted by Crippen LogP contribution is 2.30. The molecule has 0 aliphatic carbocycles. The van der Waals surface area contributed by atoms with Gasteiger partial charge in [-0.3, -0.25) is 0 Å². The average Bonchev–Trinajstić information content (AvgIpc) is 2.46. The minimum Gasteiger partial charge on any atom is -0.341 e. The van der Waals surface area contributed by atoms with E-state index in [0.717, 1.165) is 36.8 Å². The zero-order valence-electron chi connectivity index (χ0n) is 13.6. The van der Waals surface area contributed by atoms with Crippen molar-refractivity contribution < 1.29 is 0 Å². The van der Waals surface area contributed by atoms with Crippen LogP contribution in [-0.2, 0) is 0 Å². The van der Waals surface area contributed by atoms with Crippen molar-refractivity contribution in [2.45, 2.75) is 53.4 Å². The Morgan fingerprint density at radius 3 is 2.00 bits per heavy atom. The van der Waals surface area contributed by atoms with E-state index >= 15 is 0 Å². The lowest BCUT2D eigenvalue weighted by atomic mass is 9.79. The van der Waals surface area contributed by atoms with Gasteiger partial charge in [0.05, 0.1) is 0 Å². The zero-order valence-corrected chi connectivity index (χ0v) is 13.6. The Bertz CT molecular complexity index is 403. The molecule has 1 saturated heterocycles. The fourth-order valence-electron chi connectivity index (χ4n) is 2.96. The third-order valence-electron chi connectivity index (χ3n) is 4.94. The van der Waals surface area contributed by atoms with Crippen LogP contribution in [0.25, 0.3) is 0 Å². The summed E-state index contributed by atoms with van der Waals surface area (Å²) in [5.41, 5.74) is 1.22. The summed E-state index contributed by atoms with van der Waals surface area (Å²) in [4.78, 5) is 11.4. The number of anilines is 1. The van der Waals surface area contributed by atoms with Crippen molar-refractivity contribution in [3.8, 4) is 0 Å². The standard InChI is InChI=1S/C17H29N3/c1-12(2)14(5)15-6-8-20(9-7-15)17-18-10-16(11-19-17)13(3)4/h10-15H,6-9H2,1-5H3. The molecule has 20 heavy (non-hydrogen) atoms. The van der Waals surface area contributed by atoms with Crippen LogP contribution in [0.1, 0.15) is 58.9 Å². The maximum Gasteiger partial charge on any atom is 0.225 e. The van der Waals surface area contributed by atoms with Crippen LogP contribution in [-0.4, -0.2) is 23.1 Å². The van der Waals surface area contributed by atoms with E-state index in [9.17, 15) is 0 Å². The summed E-state index contributed by atoms with van der Waals surface area (Å²) in [6.45, 7) is 13.6. The van der Waals surface area contributed by atoms with Gasteiger partial charge in [0.2, 0.25) is 5.95 Å². The van der Waals surface area contributed by atoms with Gasteiger partial charge < -0.3 is 4.90 Å². The minimum absolute atomic E-state index is 0.502. The van der Waals surface area contributed by atoms with E-state index in [1.165, 1.54) is 18.4 Å². The van der Waals surface area contributed by atoms with E-state index in [-0.39, 0.29) is 0 Å². The largest absolute Gasteiger partial charge is 0.341 e. The summed E-state index contributed by atoms with van der Waals surface area (Å²) < 4.78 is 0. The molecule has 1 aliphatic rings. The van der Waals surface area contributed by atoms with Crippen LogP contribution in [0.3, 0.4) is 0 Å². The summed E-state index contributed by atoms with van der Waals surface area (Å²) in [5.74, 6) is 3.88. The van der Waals surface area contributed by atoms with Crippen LogP contribution < -0.4 is 4.90 Å². The quantitative estimate of drug-likeness (QED) is 0.828. The van der Waals surface area contributed by atoms with Gasteiger partial charge >= 0.3 is 0 Å². The monoisotopic (exact) mass is 275 g/mol. The first kappa shape index (κ1) is 15.3. The molecule has 0 saturated carbocycles. The van der Waals surface area contributed by atoms with Gasteiger partial charge in [-0.25, -0.2) is 9.97 Å². The number of rotatable bonds is 4. The summed E-state index contributed by atoms with van der Waals surface area (Å²) in [5, 5.41) is 0. The number of hydrogen-bond acceptors (Lipinski definition) is 3. The van der Waals surface area contributed by atoms with Gasteiger partial charge in [-0.2, -0.15) is 0 Å². The second kappa shape index (κ2) is 6.55. The fraction of sp³-hybridized carbons (Fsp3) is 0.765. The lowest BCUT2D eigenvalue weighted by molar-refractivity contribution is 0.233. The first-order chi connectivity index (χ1) is 9.49. The number of piperidine rings is 1. The van der Waals surface area contributed by atoms with Crippen LogP contribution >= 0.6 is 0 Å². The van der Waals surface area contributed by atoms with E-state index in [1.807, 2.05) is 12.4 Å². The van der Waals surface area contributed by atoms with Crippen molar-refractivity contribution >= 4 is 5.95 Å². The van der Waals surface area contributed by atoms with Gasteiger partial charge in [-0.15, -0.1) is 0 Å². The molecule has 112 valence electrons. The molecule has 0 spiro atoms. The van der Waals surface area contributed by atoms with E-state index < -0.39 is 0 Å². The van der Waals surface area contributed by atoms with Crippen molar-refractivity contribution in [3.63, 3.8) is 0 Å². The maximum absolute atomic E-state index is 4.54. The Morgan fingerprint density at radius 1 is 1.00 bits per heavy atom. The smallest absolute Gasteiger partial charge is 0.225 e. The molecule has 0 radical (unpaired) electrons. The number of nitrogens with zero attached hydrogens (tertiary/aromatic N) is 3. The first-order valence-electron chi connectivity index (χ1n) is 8.06. The second-order valence-corrected chi connectivity index (χ2v) is 6.90. The Labute approximate surface area is 123 Å². The molecule has 1 aliphatic heterocycles. The summed E-state index contributed by atoms with van der Waals surface area (Å²) in [7, 11) is 0. The molecule has 1 fully saturated rings. The summed E-state index contributed by atoms with van der Waals surface area (Å²) in [6.07, 6.45) is 6.51. The second-order valence-electron chi connectivity index (χ2n) is 6.90. The highest BCUT2D eigenvalue weighted by molar-refractivity contribution is 5.31. The van der Waals surface area contributed by atoms with Gasteiger partial charge in [0, 0.05) is 25.5 Å². The molecule has 3 heteroatoms. The predicted molar refractivity (Wildman–Crippen MR) is 85.1 cm³/mol. The minimum atomic E-state index is 0.502. The van der Waals surface area contributed by atoms with Gasteiger partial charge in [-0.1, -0.05) is 34.6 Å². The van der Waals surface area contributed by atoms with Gasteiger partial charge in [0.15, 0.2) is 0 Å². The van der Waals surface area contributed by atoms with Crippen molar-refractivity contribution in [1.29, 1.82) is 0 Å². The molecule has 0 amide bonds. The number of hydrogen-bond donors (Lipinski definition) is 0. The maximum atomic E-state index is 4.54. The Hall–Kier alpha value is -1.12. The summed E-state index contributed by atoms with van der Waals surface area (Å²) in [6, 6.07) is 0. The Morgan fingerprint density at radius 2 is 1.55 bits per heavy atom. The topological polar surface area (TPSA) is 29.0 Å². The van der Waals surface area contributed by atoms with Crippen molar-refractivity contribution in [2.24, 2.45) is 17.8 Å². The van der Waals surface area contributed by atoms with Crippen LogP contribution in [0.2, 0.25) is 0 Å². The molecule has 2 heterocycles. The third kappa shape index (κ3) is 3.50. The molecule has 1 atom stereocenters. The van der Waals surface area contributed by atoms with Crippen molar-refractivity contribution in [3.05, 3.63) is 18.0 Å². The highest BCUT2D eigenvalue weighted by Gasteiger charge is 2.26. The van der Waals surface area contributed by atoms with Crippen molar-refractivity contribution in [1.82, 2.24) is 9.97 Å². The zero-order chi connectivity index (χ0) is 14.7. The molecule has 2 rings (SSSR count). The molecule has 1 aromatic heterocycles. The van der Waals surface area contributed by atoms with Gasteiger partial charge in [0.1, 0.15) is 0 Å². The molecule has 1 unspecified atom stereocenters. The summed E-state index contributed by atoms with van der Waals surface area (Å²) >= 11 is 0. The molecule has 0 N–H and O–H groups in total. The van der Waals surface area contributed by atoms with Crippen LogP contribution in [0.15, 0.2) is 12.4 Å². The predicted octanol–water partition coefficient (Wildman–Crippen LogP) is 4.11. The molecular formula is C17H29N3. The fourth-order valence-corrected chi connectivity index (χ4v) is 2.96. The lowest BCUT2D eigenvalue weighted by Crippen LogP contribution is -2.37. The molecule has 3 nitrogen and oxygen atoms in total. The third-order valence-corrected chi connectivity index (χ3v) is 4.94. The van der Waals surface area contributed by atoms with E-state index in [1.54, 1.807) is 0 Å². The van der Waals surface area contributed by atoms with E-state index in [4.69, 9.17) is 0 Å². The molecule has 1 aromatic rings. The SMILES string of the molecule is CC(C)c1cnc(N2CCC(C(C)C(C)C)CC2)nc1. The van der Waals surface area contributed by atoms with Gasteiger partial charge in [-0.05, 0) is 42.1 Å². The average molecular weight is 275 g/mol.